The summed E-state index contributed by atoms with van der Waals surface area (Å²) in [5.74, 6) is 0.880. The van der Waals surface area contributed by atoms with Gasteiger partial charge in [-0.15, -0.1) is 0 Å². The molecule has 4 rings (SSSR count). The van der Waals surface area contributed by atoms with Crippen LogP contribution in [0.15, 0.2) is 48.8 Å². The quantitative estimate of drug-likeness (QED) is 0.724. The van der Waals surface area contributed by atoms with Crippen molar-refractivity contribution in [1.82, 2.24) is 20.1 Å². The molecule has 28 heavy (non-hydrogen) atoms. The highest BCUT2D eigenvalue weighted by Crippen LogP contribution is 2.33. The summed E-state index contributed by atoms with van der Waals surface area (Å²) >= 11 is 0. The largest absolute Gasteiger partial charge is 0.490 e. The fourth-order valence-corrected chi connectivity index (χ4v) is 3.25. The van der Waals surface area contributed by atoms with Gasteiger partial charge in [0, 0.05) is 17.8 Å². The maximum absolute atomic E-state index is 14.1. The highest BCUT2D eigenvalue weighted by atomic mass is 19.1. The molecule has 0 aliphatic carbocycles. The van der Waals surface area contributed by atoms with Gasteiger partial charge in [0.2, 0.25) is 0 Å². The molecule has 2 N–H and O–H groups in total. The van der Waals surface area contributed by atoms with E-state index < -0.39 is 11.8 Å². The van der Waals surface area contributed by atoms with Gasteiger partial charge in [0.25, 0.3) is 0 Å². The van der Waals surface area contributed by atoms with Gasteiger partial charge in [0.15, 0.2) is 17.4 Å². The van der Waals surface area contributed by atoms with Crippen LogP contribution in [0.5, 0.6) is 5.75 Å². The smallest absolute Gasteiger partial charge is 0.320 e. The van der Waals surface area contributed by atoms with Crippen LogP contribution in [0.25, 0.3) is 5.82 Å². The zero-order valence-electron chi connectivity index (χ0n) is 15.4. The zero-order chi connectivity index (χ0) is 19.5. The molecule has 1 atom stereocenters. The van der Waals surface area contributed by atoms with Crippen LogP contribution in [-0.2, 0) is 0 Å². The Kier molecular flexibility index (Phi) is 4.92. The summed E-state index contributed by atoms with van der Waals surface area (Å²) in [6.45, 7) is 2.37. The molecule has 3 heterocycles. The van der Waals surface area contributed by atoms with Crippen molar-refractivity contribution >= 4 is 11.8 Å². The number of hydrogen-bond acceptors (Lipinski definition) is 4. The van der Waals surface area contributed by atoms with Crippen LogP contribution in [0.2, 0.25) is 0 Å². The predicted molar refractivity (Wildman–Crippen MR) is 102 cm³/mol. The van der Waals surface area contributed by atoms with Crippen molar-refractivity contribution in [3.8, 4) is 11.6 Å². The Morgan fingerprint density at radius 3 is 3.04 bits per heavy atom. The van der Waals surface area contributed by atoms with Gasteiger partial charge in [-0.25, -0.2) is 14.2 Å². The molecule has 1 aliphatic heterocycles. The molecule has 7 nitrogen and oxygen atoms in total. The summed E-state index contributed by atoms with van der Waals surface area (Å²) in [7, 11) is 0. The molecular formula is C20H20FN5O2. The van der Waals surface area contributed by atoms with Crippen LogP contribution in [0.4, 0.5) is 15.0 Å². The fourth-order valence-electron chi connectivity index (χ4n) is 3.25. The summed E-state index contributed by atoms with van der Waals surface area (Å²) in [4.78, 5) is 16.9. The van der Waals surface area contributed by atoms with E-state index in [1.165, 1.54) is 6.07 Å². The average Bonchev–Trinajstić information content (AvgIpc) is 3.03. The second-order valence-electron chi connectivity index (χ2n) is 6.62. The number of aryl methyl sites for hydroxylation is 1. The molecule has 0 unspecified atom stereocenters. The molecule has 1 aliphatic rings. The van der Waals surface area contributed by atoms with Gasteiger partial charge >= 0.3 is 6.03 Å². The van der Waals surface area contributed by atoms with E-state index in [0.29, 0.717) is 36.6 Å². The number of aromatic nitrogens is 3. The zero-order valence-corrected chi connectivity index (χ0v) is 15.4. The van der Waals surface area contributed by atoms with E-state index in [1.807, 2.05) is 19.1 Å². The minimum Gasteiger partial charge on any atom is -0.490 e. The number of benzene rings is 1. The third-order valence-corrected chi connectivity index (χ3v) is 4.56. The van der Waals surface area contributed by atoms with Crippen molar-refractivity contribution in [2.75, 3.05) is 11.9 Å². The van der Waals surface area contributed by atoms with E-state index in [0.717, 1.165) is 5.56 Å². The first-order chi connectivity index (χ1) is 13.6. The molecule has 0 saturated carbocycles. The Balaban J connectivity index is 1.52. The number of amides is 2. The van der Waals surface area contributed by atoms with Gasteiger partial charge in [-0.2, -0.15) is 9.78 Å². The third-order valence-electron chi connectivity index (χ3n) is 4.56. The van der Waals surface area contributed by atoms with Gasteiger partial charge < -0.3 is 10.1 Å². The number of fused-ring (bicyclic) bond motifs is 1. The Hall–Kier alpha value is -3.42. The molecule has 0 fully saturated rings. The van der Waals surface area contributed by atoms with Gasteiger partial charge in [0.1, 0.15) is 5.82 Å². The van der Waals surface area contributed by atoms with Gasteiger partial charge in [-0.1, -0.05) is 12.1 Å². The van der Waals surface area contributed by atoms with Gasteiger partial charge in [0.05, 0.1) is 18.8 Å². The molecular weight excluding hydrogens is 361 g/mol. The summed E-state index contributed by atoms with van der Waals surface area (Å²) in [6, 6.07) is 9.44. The van der Waals surface area contributed by atoms with Gasteiger partial charge in [-0.3, -0.25) is 5.32 Å². The van der Waals surface area contributed by atoms with E-state index in [9.17, 15) is 9.18 Å². The number of pyridine rings is 1. The molecule has 144 valence electrons. The summed E-state index contributed by atoms with van der Waals surface area (Å²) in [5.41, 5.74) is 1.68. The number of anilines is 1. The molecule has 8 heteroatoms. The van der Waals surface area contributed by atoms with Crippen LogP contribution in [-0.4, -0.2) is 27.4 Å². The number of nitrogens with one attached hydrogen (secondary N) is 2. The number of halogens is 1. The first-order valence-corrected chi connectivity index (χ1v) is 9.07. The molecule has 1 aromatic carbocycles. The van der Waals surface area contributed by atoms with Crippen molar-refractivity contribution in [2.24, 2.45) is 0 Å². The molecule has 2 amide bonds. The second kappa shape index (κ2) is 7.67. The summed E-state index contributed by atoms with van der Waals surface area (Å²) < 4.78 is 21.1. The van der Waals surface area contributed by atoms with Gasteiger partial charge in [-0.05, 0) is 43.5 Å². The first-order valence-electron chi connectivity index (χ1n) is 9.07. The number of rotatable bonds is 3. The Morgan fingerprint density at radius 2 is 2.18 bits per heavy atom. The normalized spacial score (nSPS) is 15.9. The summed E-state index contributed by atoms with van der Waals surface area (Å²) in [6.07, 6.45) is 4.64. The van der Waals surface area contributed by atoms with Crippen molar-refractivity contribution in [3.05, 3.63) is 65.7 Å². The Morgan fingerprint density at radius 1 is 1.29 bits per heavy atom. The minimum atomic E-state index is -0.421. The number of hydrogen-bond donors (Lipinski definition) is 2. The standard InChI is InChI=1S/C20H20FN5O2/c1-13-7-9-22-18(12-13)26-17(8-10-23-26)25-20(27)24-16-6-3-11-28-19-14(16)4-2-5-15(19)21/h2,4-5,7-10,12,16H,3,6,11H2,1H3,(H2,24,25,27)/t16-/m0/s1. The predicted octanol–water partition coefficient (Wildman–Crippen LogP) is 3.75. The van der Waals surface area contributed by atoms with Crippen molar-refractivity contribution in [1.29, 1.82) is 0 Å². The van der Waals surface area contributed by atoms with Crippen LogP contribution < -0.4 is 15.4 Å². The fraction of sp³-hybridized carbons (Fsp3) is 0.250. The number of ether oxygens (including phenoxy) is 1. The highest BCUT2D eigenvalue weighted by Gasteiger charge is 2.24. The minimum absolute atomic E-state index is 0.208. The lowest BCUT2D eigenvalue weighted by molar-refractivity contribution is 0.247. The van der Waals surface area contributed by atoms with E-state index in [-0.39, 0.29) is 11.8 Å². The molecule has 0 bridgehead atoms. The van der Waals surface area contributed by atoms with E-state index in [2.05, 4.69) is 20.7 Å². The number of nitrogens with zero attached hydrogens (tertiary/aromatic N) is 3. The van der Waals surface area contributed by atoms with Crippen molar-refractivity contribution < 1.29 is 13.9 Å². The first kappa shape index (κ1) is 18.0. The van der Waals surface area contributed by atoms with Crippen LogP contribution in [0.3, 0.4) is 0 Å². The lowest BCUT2D eigenvalue weighted by Crippen LogP contribution is -2.33. The highest BCUT2D eigenvalue weighted by molar-refractivity contribution is 5.89. The van der Waals surface area contributed by atoms with Crippen molar-refractivity contribution in [2.45, 2.75) is 25.8 Å². The summed E-state index contributed by atoms with van der Waals surface area (Å²) in [5, 5.41) is 9.94. The monoisotopic (exact) mass is 381 g/mol. The molecule has 0 saturated heterocycles. The van der Waals surface area contributed by atoms with E-state index in [1.54, 1.807) is 35.3 Å². The van der Waals surface area contributed by atoms with Crippen LogP contribution in [0, 0.1) is 12.7 Å². The molecule has 3 aromatic rings. The SMILES string of the molecule is Cc1ccnc(-n2nccc2NC(=O)N[C@H]2CCCOc3c(F)cccc32)c1. The second-order valence-corrected chi connectivity index (χ2v) is 6.62. The number of carbonyl (C=O) groups excluding carboxylic acids is 1. The van der Waals surface area contributed by atoms with Crippen LogP contribution >= 0.6 is 0 Å². The number of carbonyl (C=O) groups is 1. The maximum Gasteiger partial charge on any atom is 0.320 e. The topological polar surface area (TPSA) is 81.1 Å². The average molecular weight is 381 g/mol. The molecule has 0 radical (unpaired) electrons. The lowest BCUT2D eigenvalue weighted by atomic mass is 10.0. The van der Waals surface area contributed by atoms with Crippen molar-refractivity contribution in [3.63, 3.8) is 0 Å². The Labute approximate surface area is 161 Å². The lowest BCUT2D eigenvalue weighted by Gasteiger charge is -2.19. The molecule has 2 aromatic heterocycles. The Bertz CT molecular complexity index is 1000. The molecule has 0 spiro atoms. The van der Waals surface area contributed by atoms with E-state index >= 15 is 0 Å². The maximum atomic E-state index is 14.1. The number of urea groups is 1. The number of para-hydroxylation sites is 1. The van der Waals surface area contributed by atoms with Crippen LogP contribution in [0.1, 0.15) is 30.0 Å². The third kappa shape index (κ3) is 3.66. The van der Waals surface area contributed by atoms with E-state index in [4.69, 9.17) is 4.74 Å².